The number of anilines is 2. The van der Waals surface area contributed by atoms with E-state index in [4.69, 9.17) is 4.74 Å². The second kappa shape index (κ2) is 7.63. The molecule has 0 unspecified atom stereocenters. The van der Waals surface area contributed by atoms with Crippen LogP contribution in [-0.2, 0) is 7.05 Å². The molecule has 3 aromatic rings. The van der Waals surface area contributed by atoms with E-state index in [1.54, 1.807) is 7.11 Å². The Balaban J connectivity index is 1.57. The van der Waals surface area contributed by atoms with E-state index in [-0.39, 0.29) is 0 Å². The van der Waals surface area contributed by atoms with Crippen LogP contribution in [0.3, 0.4) is 0 Å². The average Bonchev–Trinajstić information content (AvgIpc) is 3.02. The summed E-state index contributed by atoms with van der Waals surface area (Å²) >= 11 is 0. The van der Waals surface area contributed by atoms with Crippen molar-refractivity contribution >= 4 is 11.5 Å². The van der Waals surface area contributed by atoms with Gasteiger partial charge in [0.2, 0.25) is 0 Å². The third-order valence-electron chi connectivity index (χ3n) is 5.70. The summed E-state index contributed by atoms with van der Waals surface area (Å²) in [7, 11) is 3.86. The van der Waals surface area contributed by atoms with Crippen molar-refractivity contribution in [2.75, 3.05) is 43.1 Å². The van der Waals surface area contributed by atoms with Crippen LogP contribution in [-0.4, -0.2) is 37.9 Å². The third-order valence-corrected chi connectivity index (χ3v) is 5.70. The number of piperazine rings is 1. The summed E-state index contributed by atoms with van der Waals surface area (Å²) in [5, 5.41) is 0. The molecule has 1 aromatic heterocycles. The van der Waals surface area contributed by atoms with E-state index < -0.39 is 0 Å². The zero-order valence-corrected chi connectivity index (χ0v) is 17.3. The van der Waals surface area contributed by atoms with Crippen molar-refractivity contribution in [3.8, 4) is 16.9 Å². The van der Waals surface area contributed by atoms with E-state index in [0.717, 1.165) is 31.9 Å². The Morgan fingerprint density at radius 2 is 1.39 bits per heavy atom. The molecule has 146 valence electrons. The van der Waals surface area contributed by atoms with Gasteiger partial charge in [0.25, 0.3) is 0 Å². The number of hydrogen-bond donors (Lipinski definition) is 0. The van der Waals surface area contributed by atoms with E-state index in [0.29, 0.717) is 0 Å². The van der Waals surface area contributed by atoms with Gasteiger partial charge in [-0.05, 0) is 49.2 Å². The van der Waals surface area contributed by atoms with Crippen LogP contribution in [0.2, 0.25) is 0 Å². The lowest BCUT2D eigenvalue weighted by Gasteiger charge is -2.38. The standard InChI is InChI=1S/C24H29N3O/c1-18-5-9-21(10-6-18)26-13-15-27(16-14-26)24-23(19(2)17-25(24)3)20-7-11-22(28-4)12-8-20/h5-12,17H,13-16H2,1-4H3. The normalized spacial score (nSPS) is 14.4. The third kappa shape index (κ3) is 3.47. The molecule has 28 heavy (non-hydrogen) atoms. The van der Waals surface area contributed by atoms with Crippen LogP contribution in [0, 0.1) is 13.8 Å². The lowest BCUT2D eigenvalue weighted by atomic mass is 10.0. The predicted octanol–water partition coefficient (Wildman–Crippen LogP) is 4.64. The van der Waals surface area contributed by atoms with Crippen molar-refractivity contribution in [2.24, 2.45) is 7.05 Å². The molecule has 0 aliphatic carbocycles. The number of nitrogens with zero attached hydrogens (tertiary/aromatic N) is 3. The largest absolute Gasteiger partial charge is 0.497 e. The number of rotatable bonds is 4. The molecule has 0 amide bonds. The van der Waals surface area contributed by atoms with Gasteiger partial charge < -0.3 is 19.1 Å². The molecule has 0 spiro atoms. The number of aromatic nitrogens is 1. The summed E-state index contributed by atoms with van der Waals surface area (Å²) in [5.74, 6) is 2.21. The van der Waals surface area contributed by atoms with Gasteiger partial charge in [-0.2, -0.15) is 0 Å². The number of hydrogen-bond acceptors (Lipinski definition) is 3. The molecular weight excluding hydrogens is 346 g/mol. The predicted molar refractivity (Wildman–Crippen MR) is 118 cm³/mol. The number of benzene rings is 2. The number of methoxy groups -OCH3 is 1. The second-order valence-corrected chi connectivity index (χ2v) is 7.66. The quantitative estimate of drug-likeness (QED) is 0.662. The summed E-state index contributed by atoms with van der Waals surface area (Å²) in [6.07, 6.45) is 2.24. The Kier molecular flexibility index (Phi) is 5.03. The van der Waals surface area contributed by atoms with Crippen molar-refractivity contribution in [1.29, 1.82) is 0 Å². The van der Waals surface area contributed by atoms with Crippen molar-refractivity contribution in [2.45, 2.75) is 13.8 Å². The van der Waals surface area contributed by atoms with E-state index in [9.17, 15) is 0 Å². The van der Waals surface area contributed by atoms with Gasteiger partial charge in [-0.15, -0.1) is 0 Å². The summed E-state index contributed by atoms with van der Waals surface area (Å²) in [4.78, 5) is 5.01. The maximum absolute atomic E-state index is 5.33. The molecule has 0 atom stereocenters. The zero-order chi connectivity index (χ0) is 19.7. The van der Waals surface area contributed by atoms with Gasteiger partial charge in [-0.1, -0.05) is 29.8 Å². The molecule has 1 aliphatic heterocycles. The Morgan fingerprint density at radius 3 is 2.00 bits per heavy atom. The van der Waals surface area contributed by atoms with Gasteiger partial charge in [-0.25, -0.2) is 0 Å². The fraction of sp³-hybridized carbons (Fsp3) is 0.333. The molecule has 2 heterocycles. The van der Waals surface area contributed by atoms with E-state index in [1.165, 1.54) is 33.8 Å². The SMILES string of the molecule is COc1ccc(-c2c(C)cn(C)c2N2CCN(c3ccc(C)cc3)CC2)cc1. The Bertz CT molecular complexity index is 933. The van der Waals surface area contributed by atoms with Crippen LogP contribution in [0.4, 0.5) is 11.5 Å². The number of aryl methyl sites for hydroxylation is 3. The molecule has 1 saturated heterocycles. The molecule has 2 aromatic carbocycles. The molecule has 1 aliphatic rings. The Labute approximate surface area is 168 Å². The zero-order valence-electron chi connectivity index (χ0n) is 17.3. The van der Waals surface area contributed by atoms with Crippen LogP contribution in [0.5, 0.6) is 5.75 Å². The van der Waals surface area contributed by atoms with Crippen LogP contribution < -0.4 is 14.5 Å². The molecule has 4 heteroatoms. The van der Waals surface area contributed by atoms with Gasteiger partial charge in [0.1, 0.15) is 11.6 Å². The van der Waals surface area contributed by atoms with Gasteiger partial charge in [0.15, 0.2) is 0 Å². The fourth-order valence-corrected chi connectivity index (χ4v) is 4.20. The van der Waals surface area contributed by atoms with Gasteiger partial charge in [0.05, 0.1) is 7.11 Å². The van der Waals surface area contributed by atoms with Crippen LogP contribution in [0.15, 0.2) is 54.7 Å². The lowest BCUT2D eigenvalue weighted by Crippen LogP contribution is -2.47. The van der Waals surface area contributed by atoms with E-state index in [1.807, 2.05) is 12.1 Å². The maximum atomic E-state index is 5.33. The van der Waals surface area contributed by atoms with E-state index >= 15 is 0 Å². The minimum Gasteiger partial charge on any atom is -0.497 e. The highest BCUT2D eigenvalue weighted by Gasteiger charge is 2.23. The molecule has 0 saturated carbocycles. The summed E-state index contributed by atoms with van der Waals surface area (Å²) in [6.45, 7) is 8.46. The average molecular weight is 376 g/mol. The minimum absolute atomic E-state index is 0.894. The highest BCUT2D eigenvalue weighted by molar-refractivity contribution is 5.80. The van der Waals surface area contributed by atoms with Crippen LogP contribution >= 0.6 is 0 Å². The van der Waals surface area contributed by atoms with Crippen LogP contribution in [0.25, 0.3) is 11.1 Å². The van der Waals surface area contributed by atoms with Gasteiger partial charge in [0, 0.05) is 50.7 Å². The summed E-state index contributed by atoms with van der Waals surface area (Å²) in [6, 6.07) is 17.3. The molecule has 0 bridgehead atoms. The van der Waals surface area contributed by atoms with E-state index in [2.05, 4.69) is 77.9 Å². The lowest BCUT2D eigenvalue weighted by molar-refractivity contribution is 0.415. The molecule has 0 radical (unpaired) electrons. The molecular formula is C24H29N3O. The number of ether oxygens (including phenoxy) is 1. The van der Waals surface area contributed by atoms with Gasteiger partial charge in [-0.3, -0.25) is 0 Å². The summed E-state index contributed by atoms with van der Waals surface area (Å²) < 4.78 is 7.60. The second-order valence-electron chi connectivity index (χ2n) is 7.66. The van der Waals surface area contributed by atoms with Crippen molar-refractivity contribution in [3.63, 3.8) is 0 Å². The molecule has 4 nitrogen and oxygen atoms in total. The van der Waals surface area contributed by atoms with Crippen molar-refractivity contribution < 1.29 is 4.74 Å². The first-order chi connectivity index (χ1) is 13.6. The Hall–Kier alpha value is -2.88. The monoisotopic (exact) mass is 375 g/mol. The highest BCUT2D eigenvalue weighted by atomic mass is 16.5. The maximum Gasteiger partial charge on any atom is 0.118 e. The molecule has 1 fully saturated rings. The fourth-order valence-electron chi connectivity index (χ4n) is 4.20. The minimum atomic E-state index is 0.894. The first kappa shape index (κ1) is 18.5. The highest BCUT2D eigenvalue weighted by Crippen LogP contribution is 2.36. The smallest absolute Gasteiger partial charge is 0.118 e. The van der Waals surface area contributed by atoms with Crippen LogP contribution in [0.1, 0.15) is 11.1 Å². The van der Waals surface area contributed by atoms with Gasteiger partial charge >= 0.3 is 0 Å². The van der Waals surface area contributed by atoms with Crippen molar-refractivity contribution in [3.05, 3.63) is 65.9 Å². The molecule has 0 N–H and O–H groups in total. The summed E-state index contributed by atoms with van der Waals surface area (Å²) in [5.41, 5.74) is 6.52. The topological polar surface area (TPSA) is 20.6 Å². The Morgan fingerprint density at radius 1 is 0.786 bits per heavy atom. The first-order valence-corrected chi connectivity index (χ1v) is 9.93. The molecule has 4 rings (SSSR count). The van der Waals surface area contributed by atoms with Crippen molar-refractivity contribution in [1.82, 2.24) is 4.57 Å². The first-order valence-electron chi connectivity index (χ1n) is 9.93.